The van der Waals surface area contributed by atoms with E-state index in [9.17, 15) is 28.8 Å². The number of hydrogen-bond donors (Lipinski definition) is 0. The maximum Gasteiger partial charge on any atom is 0.411 e. The highest BCUT2D eigenvalue weighted by molar-refractivity contribution is 7.22. The average Bonchev–Trinajstić information content (AvgIpc) is 3.84. The van der Waals surface area contributed by atoms with Crippen molar-refractivity contribution in [3.63, 3.8) is 0 Å². The summed E-state index contributed by atoms with van der Waals surface area (Å²) in [7, 11) is 0. The van der Waals surface area contributed by atoms with Crippen molar-refractivity contribution >= 4 is 57.1 Å². The molecule has 2 aromatic carbocycles. The third kappa shape index (κ3) is 9.52. The van der Waals surface area contributed by atoms with Crippen LogP contribution in [0.4, 0.5) is 9.59 Å². The topological polar surface area (TPSA) is 146 Å². The third-order valence-corrected chi connectivity index (χ3v) is 9.48. The number of ether oxygens (including phenoxy) is 4. The van der Waals surface area contributed by atoms with Gasteiger partial charge >= 0.3 is 24.1 Å². The molecule has 272 valence electrons. The fraction of sp³-hybridized carbons (Fsp3) is 0.474. The zero-order chi connectivity index (χ0) is 37.1. The van der Waals surface area contributed by atoms with Crippen LogP contribution in [0.15, 0.2) is 48.5 Å². The summed E-state index contributed by atoms with van der Waals surface area (Å²) in [5.74, 6) is -2.01. The Bertz CT molecular complexity index is 1820. The summed E-state index contributed by atoms with van der Waals surface area (Å²) >= 11 is 1.47. The largest absolute Gasteiger partial charge is 0.456 e. The van der Waals surface area contributed by atoms with E-state index >= 15 is 0 Å². The summed E-state index contributed by atoms with van der Waals surface area (Å²) < 4.78 is 22.3. The standard InChI is InChI=1S/C38H44N2O10S/c1-37(2,3)49-35(45)39-17-7-9-27(39)33(43)47-21-29(41)23-11-13-24(14-12-23)31-20-26-16-15-25(19-32(26)51-31)30(42)22-48-34(44)28-10-8-18-40(28)36(46)50-38(4,5)6/h11-16,19-20,27-28H,7-10,17-18,21-22H2,1-6H3/t27-,28-/m0/s1. The van der Waals surface area contributed by atoms with E-state index in [1.807, 2.05) is 12.1 Å². The van der Waals surface area contributed by atoms with Gasteiger partial charge < -0.3 is 18.9 Å². The monoisotopic (exact) mass is 720 g/mol. The van der Waals surface area contributed by atoms with Gasteiger partial charge in [-0.25, -0.2) is 19.2 Å². The number of amides is 2. The van der Waals surface area contributed by atoms with Crippen molar-refractivity contribution in [2.24, 2.45) is 0 Å². The van der Waals surface area contributed by atoms with Crippen LogP contribution >= 0.6 is 11.3 Å². The van der Waals surface area contributed by atoms with Crippen LogP contribution in [0.25, 0.3) is 20.5 Å². The van der Waals surface area contributed by atoms with Crippen LogP contribution in [0, 0.1) is 0 Å². The van der Waals surface area contributed by atoms with E-state index in [1.54, 1.807) is 77.9 Å². The molecule has 3 aromatic rings. The number of carbonyl (C=O) groups is 6. The molecule has 0 saturated carbocycles. The number of fused-ring (bicyclic) bond motifs is 1. The molecule has 2 aliphatic heterocycles. The number of nitrogens with zero attached hydrogens (tertiary/aromatic N) is 2. The van der Waals surface area contributed by atoms with Crippen LogP contribution in [0.2, 0.25) is 0 Å². The molecule has 2 saturated heterocycles. The van der Waals surface area contributed by atoms with Gasteiger partial charge in [-0.15, -0.1) is 11.3 Å². The van der Waals surface area contributed by atoms with Crippen molar-refractivity contribution in [1.29, 1.82) is 0 Å². The van der Waals surface area contributed by atoms with E-state index in [1.165, 1.54) is 21.1 Å². The van der Waals surface area contributed by atoms with Crippen LogP contribution in [-0.2, 0) is 28.5 Å². The number of Topliss-reactive ketones (excluding diaryl/α,β-unsaturated/α-hetero) is 2. The predicted octanol–water partition coefficient (Wildman–Crippen LogP) is 6.82. The fourth-order valence-corrected chi connectivity index (χ4v) is 7.01. The summed E-state index contributed by atoms with van der Waals surface area (Å²) in [4.78, 5) is 80.1. The van der Waals surface area contributed by atoms with Crippen molar-refractivity contribution in [3.05, 3.63) is 59.7 Å². The molecule has 0 aliphatic carbocycles. The van der Waals surface area contributed by atoms with Gasteiger partial charge in [0.05, 0.1) is 0 Å². The first-order chi connectivity index (χ1) is 24.0. The highest BCUT2D eigenvalue weighted by Crippen LogP contribution is 2.34. The van der Waals surface area contributed by atoms with Crippen molar-refractivity contribution < 1.29 is 47.7 Å². The second-order valence-corrected chi connectivity index (χ2v) is 15.7. The Labute approximate surface area is 301 Å². The molecule has 0 bridgehead atoms. The lowest BCUT2D eigenvalue weighted by Gasteiger charge is -2.27. The highest BCUT2D eigenvalue weighted by atomic mass is 32.1. The molecule has 13 heteroatoms. The number of rotatable bonds is 9. The molecule has 2 amide bonds. The smallest absolute Gasteiger partial charge is 0.411 e. The zero-order valence-electron chi connectivity index (χ0n) is 29.8. The number of esters is 2. The molecule has 0 radical (unpaired) electrons. The molecule has 2 atom stereocenters. The molecule has 5 rings (SSSR count). The van der Waals surface area contributed by atoms with Gasteiger partial charge in [0.2, 0.25) is 0 Å². The summed E-state index contributed by atoms with van der Waals surface area (Å²) in [6.45, 7) is 10.4. The van der Waals surface area contributed by atoms with Crippen molar-refractivity contribution in [2.75, 3.05) is 26.3 Å². The van der Waals surface area contributed by atoms with E-state index in [0.29, 0.717) is 49.9 Å². The fourth-order valence-electron chi connectivity index (χ4n) is 5.90. The number of benzene rings is 2. The quantitative estimate of drug-likeness (QED) is 0.131. The Morgan fingerprint density at radius 2 is 1.14 bits per heavy atom. The first kappa shape index (κ1) is 37.5. The van der Waals surface area contributed by atoms with Crippen molar-refractivity contribution in [2.45, 2.75) is 90.5 Å². The van der Waals surface area contributed by atoms with Gasteiger partial charge in [0.15, 0.2) is 24.8 Å². The minimum Gasteiger partial charge on any atom is -0.456 e. The molecule has 1 aromatic heterocycles. The Morgan fingerprint density at radius 3 is 1.63 bits per heavy atom. The SMILES string of the molecule is CC(C)(C)OC(=O)N1CCC[C@H]1C(=O)OCC(=O)c1ccc(-c2cc3ccc(C(=O)COC(=O)[C@@H]4CCCN4C(=O)OC(C)(C)C)cc3s2)cc1. The van der Waals surface area contributed by atoms with Crippen molar-refractivity contribution in [3.8, 4) is 10.4 Å². The molecule has 0 unspecified atom stereocenters. The molecule has 51 heavy (non-hydrogen) atoms. The molecule has 3 heterocycles. The Balaban J connectivity index is 1.15. The molecular weight excluding hydrogens is 676 g/mol. The summed E-state index contributed by atoms with van der Waals surface area (Å²) in [6.07, 6.45) is 0.991. The molecular formula is C38H44N2O10S. The molecule has 0 spiro atoms. The van der Waals surface area contributed by atoms with Gasteiger partial charge in [0.1, 0.15) is 23.3 Å². The first-order valence-electron chi connectivity index (χ1n) is 17.0. The number of likely N-dealkylation sites (tertiary alicyclic amines) is 2. The lowest BCUT2D eigenvalue weighted by molar-refractivity contribution is -0.148. The highest BCUT2D eigenvalue weighted by Gasteiger charge is 2.39. The van der Waals surface area contributed by atoms with Gasteiger partial charge in [-0.3, -0.25) is 19.4 Å². The Kier molecular flexibility index (Phi) is 11.2. The normalized spacial score (nSPS) is 17.7. The van der Waals surface area contributed by atoms with Gasteiger partial charge in [-0.05, 0) is 90.3 Å². The minimum absolute atomic E-state index is 0.365. The maximum absolute atomic E-state index is 13.0. The first-order valence-corrected chi connectivity index (χ1v) is 17.8. The number of hydrogen-bond acceptors (Lipinski definition) is 11. The van der Waals surface area contributed by atoms with E-state index in [-0.39, 0.29) is 11.6 Å². The average molecular weight is 721 g/mol. The van der Waals surface area contributed by atoms with Gasteiger partial charge in [-0.1, -0.05) is 36.4 Å². The van der Waals surface area contributed by atoms with Crippen LogP contribution in [0.3, 0.4) is 0 Å². The van der Waals surface area contributed by atoms with Crippen LogP contribution in [-0.4, -0.2) is 95.1 Å². The summed E-state index contributed by atoms with van der Waals surface area (Å²) in [5.41, 5.74) is 0.226. The number of thiophene rings is 1. The Morgan fingerprint density at radius 1 is 0.667 bits per heavy atom. The number of carbonyl (C=O) groups excluding carboxylic acids is 6. The maximum atomic E-state index is 13.0. The minimum atomic E-state index is -0.791. The molecule has 12 nitrogen and oxygen atoms in total. The van der Waals surface area contributed by atoms with Crippen LogP contribution < -0.4 is 0 Å². The van der Waals surface area contributed by atoms with E-state index in [0.717, 1.165) is 20.5 Å². The number of ketones is 2. The molecule has 0 N–H and O–H groups in total. The zero-order valence-corrected chi connectivity index (χ0v) is 30.6. The van der Waals surface area contributed by atoms with Gasteiger partial charge in [0.25, 0.3) is 0 Å². The second kappa shape index (κ2) is 15.2. The van der Waals surface area contributed by atoms with E-state index in [4.69, 9.17) is 18.9 Å². The molecule has 2 aliphatic rings. The summed E-state index contributed by atoms with van der Waals surface area (Å²) in [6, 6.07) is 12.6. The molecule has 2 fully saturated rings. The Hall–Kier alpha value is -4.78. The predicted molar refractivity (Wildman–Crippen MR) is 190 cm³/mol. The van der Waals surface area contributed by atoms with Gasteiger partial charge in [0, 0.05) is 33.8 Å². The van der Waals surface area contributed by atoms with Gasteiger partial charge in [-0.2, -0.15) is 0 Å². The lowest BCUT2D eigenvalue weighted by atomic mass is 10.1. The van der Waals surface area contributed by atoms with Crippen LogP contribution in [0.1, 0.15) is 87.9 Å². The second-order valence-electron chi connectivity index (χ2n) is 14.7. The lowest BCUT2D eigenvalue weighted by Crippen LogP contribution is -2.44. The van der Waals surface area contributed by atoms with E-state index < -0.39 is 60.6 Å². The summed E-state index contributed by atoms with van der Waals surface area (Å²) in [5, 5.41) is 0.918. The third-order valence-electron chi connectivity index (χ3n) is 8.33. The van der Waals surface area contributed by atoms with E-state index in [2.05, 4.69) is 0 Å². The van der Waals surface area contributed by atoms with Crippen LogP contribution in [0.5, 0.6) is 0 Å². The van der Waals surface area contributed by atoms with Crippen molar-refractivity contribution in [1.82, 2.24) is 9.80 Å².